The highest BCUT2D eigenvalue weighted by molar-refractivity contribution is 5.92. The minimum atomic E-state index is 0.0387. The molecule has 0 bridgehead atoms. The van der Waals surface area contributed by atoms with Crippen LogP contribution in [0.1, 0.15) is 36.2 Å². The molecule has 106 valence electrons. The zero-order valence-electron chi connectivity index (χ0n) is 11.7. The molecule has 1 atom stereocenters. The van der Waals surface area contributed by atoms with E-state index in [0.29, 0.717) is 11.6 Å². The first-order valence-electron chi connectivity index (χ1n) is 6.85. The number of methoxy groups -OCH3 is 1. The molecule has 19 heavy (non-hydrogen) atoms. The van der Waals surface area contributed by atoms with Crippen molar-refractivity contribution in [2.45, 2.75) is 25.7 Å². The molecule has 1 aromatic rings. The van der Waals surface area contributed by atoms with Crippen LogP contribution < -0.4 is 0 Å². The number of hydrogen-bond acceptors (Lipinski definition) is 4. The van der Waals surface area contributed by atoms with Gasteiger partial charge in [0.15, 0.2) is 0 Å². The molecular weight excluding hydrogens is 244 g/mol. The molecule has 0 radical (unpaired) electrons. The van der Waals surface area contributed by atoms with Gasteiger partial charge < -0.3 is 9.64 Å². The van der Waals surface area contributed by atoms with Crippen LogP contribution in [0.2, 0.25) is 0 Å². The van der Waals surface area contributed by atoms with Crippen molar-refractivity contribution >= 4 is 5.91 Å². The number of hydrogen-bond donors (Lipinski definition) is 0. The molecule has 6 nitrogen and oxygen atoms in total. The van der Waals surface area contributed by atoms with Gasteiger partial charge in [-0.3, -0.25) is 4.79 Å². The summed E-state index contributed by atoms with van der Waals surface area (Å²) in [5.74, 6) is 0.574. The molecule has 1 fully saturated rings. The van der Waals surface area contributed by atoms with Gasteiger partial charge in [0.25, 0.3) is 5.91 Å². The molecule has 2 rings (SSSR count). The highest BCUT2D eigenvalue weighted by Gasteiger charge is 2.24. The summed E-state index contributed by atoms with van der Waals surface area (Å²) >= 11 is 0. The maximum absolute atomic E-state index is 12.4. The van der Waals surface area contributed by atoms with Gasteiger partial charge in [0.1, 0.15) is 5.69 Å². The van der Waals surface area contributed by atoms with Gasteiger partial charge in [-0.2, -0.15) is 0 Å². The van der Waals surface area contributed by atoms with Gasteiger partial charge in [-0.1, -0.05) is 11.6 Å². The van der Waals surface area contributed by atoms with Gasteiger partial charge >= 0.3 is 0 Å². The fourth-order valence-electron chi connectivity index (χ4n) is 2.58. The number of amides is 1. The van der Waals surface area contributed by atoms with Crippen molar-refractivity contribution in [3.8, 4) is 0 Å². The molecule has 2 heterocycles. The third-order valence-corrected chi connectivity index (χ3v) is 3.72. The van der Waals surface area contributed by atoms with Gasteiger partial charge in [0.05, 0.1) is 6.20 Å². The Morgan fingerprint density at radius 1 is 1.53 bits per heavy atom. The number of aromatic nitrogens is 3. The fourth-order valence-corrected chi connectivity index (χ4v) is 2.58. The minimum Gasteiger partial charge on any atom is -0.385 e. The van der Waals surface area contributed by atoms with Crippen molar-refractivity contribution in [2.75, 3.05) is 26.8 Å². The van der Waals surface area contributed by atoms with Crippen LogP contribution in [-0.4, -0.2) is 52.6 Å². The van der Waals surface area contributed by atoms with Crippen LogP contribution in [0.3, 0.4) is 0 Å². The fraction of sp³-hybridized carbons (Fsp3) is 0.769. The molecular formula is C13H22N4O2. The molecule has 1 amide bonds. The molecule has 0 spiro atoms. The lowest BCUT2D eigenvalue weighted by Gasteiger charge is -2.24. The Morgan fingerprint density at radius 3 is 3.05 bits per heavy atom. The summed E-state index contributed by atoms with van der Waals surface area (Å²) in [6.07, 6.45) is 5.99. The smallest absolute Gasteiger partial charge is 0.273 e. The van der Waals surface area contributed by atoms with Crippen molar-refractivity contribution in [3.05, 3.63) is 11.9 Å². The van der Waals surface area contributed by atoms with E-state index in [-0.39, 0.29) is 5.91 Å². The molecule has 0 aromatic carbocycles. The number of aryl methyl sites for hydroxylation is 1. The molecule has 1 aliphatic heterocycles. The number of carbonyl (C=O) groups is 1. The summed E-state index contributed by atoms with van der Waals surface area (Å²) < 4.78 is 6.68. The quantitative estimate of drug-likeness (QED) is 0.818. The first kappa shape index (κ1) is 14.0. The normalized spacial score (nSPS) is 20.3. The number of rotatable bonds is 4. The lowest BCUT2D eigenvalue weighted by atomic mass is 10.00. The molecule has 1 saturated heterocycles. The monoisotopic (exact) mass is 266 g/mol. The number of nitrogens with zero attached hydrogens (tertiary/aromatic N) is 4. The van der Waals surface area contributed by atoms with E-state index in [9.17, 15) is 4.79 Å². The van der Waals surface area contributed by atoms with Gasteiger partial charge in [-0.15, -0.1) is 5.10 Å². The number of ether oxygens (including phenoxy) is 1. The Balaban J connectivity index is 2.01. The first-order chi connectivity index (χ1) is 9.22. The van der Waals surface area contributed by atoms with Crippen molar-refractivity contribution in [3.63, 3.8) is 0 Å². The van der Waals surface area contributed by atoms with Crippen LogP contribution >= 0.6 is 0 Å². The van der Waals surface area contributed by atoms with Gasteiger partial charge in [-0.25, -0.2) is 4.68 Å². The third kappa shape index (κ3) is 3.53. The Morgan fingerprint density at radius 2 is 2.37 bits per heavy atom. The molecule has 1 unspecified atom stereocenters. The second-order valence-corrected chi connectivity index (χ2v) is 5.14. The summed E-state index contributed by atoms with van der Waals surface area (Å²) in [6, 6.07) is 0. The molecule has 0 saturated carbocycles. The summed E-state index contributed by atoms with van der Waals surface area (Å²) in [5, 5.41) is 7.60. The summed E-state index contributed by atoms with van der Waals surface area (Å²) in [7, 11) is 3.47. The van der Waals surface area contributed by atoms with Crippen molar-refractivity contribution in [2.24, 2.45) is 13.0 Å². The van der Waals surface area contributed by atoms with Crippen LogP contribution in [0.15, 0.2) is 6.20 Å². The standard InChI is InChI=1S/C13H22N4O2/c1-16-12(9-14-15-16)13(18)17-7-4-3-5-11(10-17)6-8-19-2/h9,11H,3-8,10H2,1-2H3. The molecule has 6 heteroatoms. The topological polar surface area (TPSA) is 60.2 Å². The molecule has 0 aliphatic carbocycles. The van der Waals surface area contributed by atoms with Crippen LogP contribution in [0.5, 0.6) is 0 Å². The number of carbonyl (C=O) groups excluding carboxylic acids is 1. The lowest BCUT2D eigenvalue weighted by molar-refractivity contribution is 0.0717. The van der Waals surface area contributed by atoms with Gasteiger partial charge in [0.2, 0.25) is 0 Å². The zero-order chi connectivity index (χ0) is 13.7. The van der Waals surface area contributed by atoms with Crippen LogP contribution in [0.25, 0.3) is 0 Å². The van der Waals surface area contributed by atoms with E-state index in [0.717, 1.165) is 32.5 Å². The van der Waals surface area contributed by atoms with E-state index in [1.165, 1.54) is 23.7 Å². The third-order valence-electron chi connectivity index (χ3n) is 3.72. The Labute approximate surface area is 113 Å². The zero-order valence-corrected chi connectivity index (χ0v) is 11.7. The number of likely N-dealkylation sites (tertiary alicyclic amines) is 1. The van der Waals surface area contributed by atoms with Crippen LogP contribution in [0.4, 0.5) is 0 Å². The largest absolute Gasteiger partial charge is 0.385 e. The van der Waals surface area contributed by atoms with E-state index in [4.69, 9.17) is 4.74 Å². The maximum Gasteiger partial charge on any atom is 0.273 e. The molecule has 0 N–H and O–H groups in total. The predicted octanol–water partition coefficient (Wildman–Crippen LogP) is 1.09. The molecule has 1 aliphatic rings. The minimum absolute atomic E-state index is 0.0387. The summed E-state index contributed by atoms with van der Waals surface area (Å²) in [4.78, 5) is 14.4. The van der Waals surface area contributed by atoms with E-state index >= 15 is 0 Å². The maximum atomic E-state index is 12.4. The van der Waals surface area contributed by atoms with E-state index in [1.807, 2.05) is 4.90 Å². The predicted molar refractivity (Wildman–Crippen MR) is 70.7 cm³/mol. The Bertz CT molecular complexity index is 419. The van der Waals surface area contributed by atoms with Crippen molar-refractivity contribution < 1.29 is 9.53 Å². The van der Waals surface area contributed by atoms with Crippen LogP contribution in [-0.2, 0) is 11.8 Å². The van der Waals surface area contributed by atoms with E-state index in [2.05, 4.69) is 10.3 Å². The summed E-state index contributed by atoms with van der Waals surface area (Å²) in [5.41, 5.74) is 0.562. The highest BCUT2D eigenvalue weighted by atomic mass is 16.5. The first-order valence-corrected chi connectivity index (χ1v) is 6.85. The van der Waals surface area contributed by atoms with Gasteiger partial charge in [0, 0.05) is 33.9 Å². The second-order valence-electron chi connectivity index (χ2n) is 5.14. The lowest BCUT2D eigenvalue weighted by Crippen LogP contribution is -2.36. The van der Waals surface area contributed by atoms with E-state index in [1.54, 1.807) is 14.2 Å². The van der Waals surface area contributed by atoms with Gasteiger partial charge in [-0.05, 0) is 25.2 Å². The Hall–Kier alpha value is -1.43. The Kier molecular flexibility index (Phi) is 4.90. The van der Waals surface area contributed by atoms with Crippen molar-refractivity contribution in [1.29, 1.82) is 0 Å². The van der Waals surface area contributed by atoms with E-state index < -0.39 is 0 Å². The SMILES string of the molecule is COCCC1CCCCN(C(=O)c2cnnn2C)C1. The molecule has 1 aromatic heterocycles. The average Bonchev–Trinajstić information content (AvgIpc) is 2.70. The average molecular weight is 266 g/mol. The van der Waals surface area contributed by atoms with Crippen molar-refractivity contribution in [1.82, 2.24) is 19.9 Å². The summed E-state index contributed by atoms with van der Waals surface area (Å²) in [6.45, 7) is 2.40. The second kappa shape index (κ2) is 6.65. The highest BCUT2D eigenvalue weighted by Crippen LogP contribution is 2.20. The van der Waals surface area contributed by atoms with Crippen LogP contribution in [0, 0.1) is 5.92 Å².